The highest BCUT2D eigenvalue weighted by Gasteiger charge is 2.15. The Kier molecular flexibility index (Phi) is 9.79. The molecule has 1 saturated heterocycles. The molecule has 0 atom stereocenters. The quantitative estimate of drug-likeness (QED) is 0.386. The molecule has 0 aliphatic carbocycles. The Morgan fingerprint density at radius 3 is 2.45 bits per heavy atom. The van der Waals surface area contributed by atoms with Crippen molar-refractivity contribution >= 4 is 23.4 Å². The van der Waals surface area contributed by atoms with Crippen LogP contribution in [0.3, 0.4) is 0 Å². The molecule has 6 heteroatoms. The molecule has 0 amide bonds. The number of unbranched alkanes of at least 4 members (excludes halogenated alkanes) is 4. The maximum absolute atomic E-state index is 12.5. The standard InChI is InChI=1S/C27H33NO4.ClH/c29-22-13-16-28(17-14-22)15-7-2-1-3-8-18-31-23-11-12-24-25(30)20-26(32-27(24)19-23)21-9-5-4-6-10-21;/h4-6,9-12,19-20,22,29H,1-3,7-8,13-18H2;1H. The lowest BCUT2D eigenvalue weighted by atomic mass is 10.1. The number of likely N-dealkylation sites (tertiary alicyclic amines) is 1. The fourth-order valence-electron chi connectivity index (χ4n) is 4.27. The van der Waals surface area contributed by atoms with E-state index in [0.717, 1.165) is 56.6 Å². The number of halogens is 1. The monoisotopic (exact) mass is 471 g/mol. The van der Waals surface area contributed by atoms with Gasteiger partial charge in [0.25, 0.3) is 0 Å². The number of benzene rings is 2. The van der Waals surface area contributed by atoms with Crippen LogP contribution in [-0.2, 0) is 0 Å². The summed E-state index contributed by atoms with van der Waals surface area (Å²) in [6.07, 6.45) is 7.60. The van der Waals surface area contributed by atoms with Gasteiger partial charge in [0.1, 0.15) is 17.1 Å². The predicted molar refractivity (Wildman–Crippen MR) is 135 cm³/mol. The summed E-state index contributed by atoms with van der Waals surface area (Å²) in [7, 11) is 0. The van der Waals surface area contributed by atoms with E-state index in [1.165, 1.54) is 19.3 Å². The molecule has 33 heavy (non-hydrogen) atoms. The van der Waals surface area contributed by atoms with Crippen molar-refractivity contribution in [1.82, 2.24) is 4.90 Å². The van der Waals surface area contributed by atoms with Gasteiger partial charge in [-0.3, -0.25) is 4.79 Å². The summed E-state index contributed by atoms with van der Waals surface area (Å²) in [5.74, 6) is 1.30. The Morgan fingerprint density at radius 1 is 0.939 bits per heavy atom. The van der Waals surface area contributed by atoms with Crippen molar-refractivity contribution in [1.29, 1.82) is 0 Å². The predicted octanol–water partition coefficient (Wildman–Crippen LogP) is 5.67. The molecule has 2 aromatic carbocycles. The number of hydrogen-bond acceptors (Lipinski definition) is 5. The highest BCUT2D eigenvalue weighted by molar-refractivity contribution is 5.85. The molecule has 178 valence electrons. The minimum absolute atomic E-state index is 0. The van der Waals surface area contributed by atoms with Gasteiger partial charge in [-0.2, -0.15) is 0 Å². The fourth-order valence-corrected chi connectivity index (χ4v) is 4.27. The van der Waals surface area contributed by atoms with Gasteiger partial charge in [-0.15, -0.1) is 12.4 Å². The van der Waals surface area contributed by atoms with Crippen molar-refractivity contribution < 1.29 is 14.3 Å². The van der Waals surface area contributed by atoms with E-state index in [1.54, 1.807) is 12.1 Å². The molecular weight excluding hydrogens is 438 g/mol. The zero-order chi connectivity index (χ0) is 22.2. The van der Waals surface area contributed by atoms with Crippen LogP contribution in [0.2, 0.25) is 0 Å². The molecule has 0 saturated carbocycles. The summed E-state index contributed by atoms with van der Waals surface area (Å²) < 4.78 is 11.9. The van der Waals surface area contributed by atoms with Crippen LogP contribution in [-0.4, -0.2) is 42.4 Å². The molecule has 1 N–H and O–H groups in total. The molecule has 5 nitrogen and oxygen atoms in total. The van der Waals surface area contributed by atoms with E-state index in [-0.39, 0.29) is 23.9 Å². The smallest absolute Gasteiger partial charge is 0.193 e. The topological polar surface area (TPSA) is 62.9 Å². The van der Waals surface area contributed by atoms with Gasteiger partial charge < -0.3 is 19.2 Å². The molecule has 1 aromatic heterocycles. The lowest BCUT2D eigenvalue weighted by Gasteiger charge is -2.29. The molecule has 0 bridgehead atoms. The summed E-state index contributed by atoms with van der Waals surface area (Å²) in [5, 5.41) is 10.1. The van der Waals surface area contributed by atoms with Crippen LogP contribution in [0.15, 0.2) is 63.8 Å². The Balaban J connectivity index is 0.00000306. The Bertz CT molecular complexity index is 1040. The molecule has 1 fully saturated rings. The van der Waals surface area contributed by atoms with Crippen molar-refractivity contribution in [3.8, 4) is 17.1 Å². The third-order valence-electron chi connectivity index (χ3n) is 6.20. The minimum atomic E-state index is -0.0872. The van der Waals surface area contributed by atoms with Gasteiger partial charge in [-0.05, 0) is 44.4 Å². The van der Waals surface area contributed by atoms with Gasteiger partial charge in [0.2, 0.25) is 0 Å². The first-order valence-electron chi connectivity index (χ1n) is 11.9. The number of aliphatic hydroxyl groups excluding tert-OH is 1. The number of nitrogens with zero attached hydrogens (tertiary/aromatic N) is 1. The third-order valence-corrected chi connectivity index (χ3v) is 6.20. The second kappa shape index (κ2) is 12.8. The van der Waals surface area contributed by atoms with Crippen LogP contribution in [0.25, 0.3) is 22.3 Å². The van der Waals surface area contributed by atoms with E-state index in [1.807, 2.05) is 42.5 Å². The second-order valence-electron chi connectivity index (χ2n) is 8.69. The molecule has 4 rings (SSSR count). The summed E-state index contributed by atoms with van der Waals surface area (Å²) in [6.45, 7) is 3.88. The number of piperidine rings is 1. The molecule has 3 aromatic rings. The first kappa shape index (κ1) is 25.3. The molecule has 1 aliphatic heterocycles. The van der Waals surface area contributed by atoms with Gasteiger partial charge >= 0.3 is 0 Å². The minimum Gasteiger partial charge on any atom is -0.493 e. The first-order chi connectivity index (χ1) is 15.7. The van der Waals surface area contributed by atoms with Crippen LogP contribution in [0.5, 0.6) is 5.75 Å². The zero-order valence-electron chi connectivity index (χ0n) is 19.1. The van der Waals surface area contributed by atoms with Crippen LogP contribution in [0, 0.1) is 0 Å². The molecule has 2 heterocycles. The van der Waals surface area contributed by atoms with Crippen molar-refractivity contribution in [2.45, 2.75) is 51.0 Å². The Hall–Kier alpha value is -2.34. The van der Waals surface area contributed by atoms with Crippen LogP contribution >= 0.6 is 12.4 Å². The summed E-state index contributed by atoms with van der Waals surface area (Å²) in [5.41, 5.74) is 1.40. The average Bonchev–Trinajstić information content (AvgIpc) is 2.82. The van der Waals surface area contributed by atoms with E-state index < -0.39 is 0 Å². The van der Waals surface area contributed by atoms with Crippen molar-refractivity contribution in [3.05, 3.63) is 64.8 Å². The normalized spacial score (nSPS) is 14.8. The van der Waals surface area contributed by atoms with E-state index in [4.69, 9.17) is 9.15 Å². The average molecular weight is 472 g/mol. The van der Waals surface area contributed by atoms with Gasteiger partial charge in [-0.1, -0.05) is 49.6 Å². The maximum Gasteiger partial charge on any atom is 0.193 e. The molecule has 0 spiro atoms. The Morgan fingerprint density at radius 2 is 1.67 bits per heavy atom. The SMILES string of the molecule is Cl.O=c1cc(-c2ccccc2)oc2cc(OCCCCCCCN3CCC(O)CC3)ccc12. The zero-order valence-corrected chi connectivity index (χ0v) is 19.9. The van der Waals surface area contributed by atoms with Crippen LogP contribution in [0.4, 0.5) is 0 Å². The van der Waals surface area contributed by atoms with Gasteiger partial charge in [-0.25, -0.2) is 0 Å². The van der Waals surface area contributed by atoms with E-state index in [0.29, 0.717) is 23.3 Å². The van der Waals surface area contributed by atoms with Gasteiger partial charge in [0.05, 0.1) is 18.1 Å². The Labute approximate surface area is 201 Å². The van der Waals surface area contributed by atoms with E-state index >= 15 is 0 Å². The van der Waals surface area contributed by atoms with Crippen LogP contribution < -0.4 is 10.2 Å². The number of rotatable bonds is 10. The fraction of sp³-hybridized carbons (Fsp3) is 0.444. The largest absolute Gasteiger partial charge is 0.493 e. The van der Waals surface area contributed by atoms with Crippen molar-refractivity contribution in [2.24, 2.45) is 0 Å². The number of ether oxygens (including phenoxy) is 1. The lowest BCUT2D eigenvalue weighted by molar-refractivity contribution is 0.0817. The summed E-state index contributed by atoms with van der Waals surface area (Å²) >= 11 is 0. The summed E-state index contributed by atoms with van der Waals surface area (Å²) in [4.78, 5) is 14.9. The number of hydrogen-bond donors (Lipinski definition) is 1. The van der Waals surface area contributed by atoms with E-state index in [2.05, 4.69) is 4.90 Å². The summed E-state index contributed by atoms with van der Waals surface area (Å²) in [6, 6.07) is 16.7. The van der Waals surface area contributed by atoms with Gasteiger partial charge in [0, 0.05) is 30.8 Å². The number of aliphatic hydroxyl groups is 1. The van der Waals surface area contributed by atoms with E-state index in [9.17, 15) is 9.90 Å². The molecule has 1 aliphatic rings. The lowest BCUT2D eigenvalue weighted by Crippen LogP contribution is -2.36. The highest BCUT2D eigenvalue weighted by atomic mass is 35.5. The maximum atomic E-state index is 12.5. The number of fused-ring (bicyclic) bond motifs is 1. The first-order valence-corrected chi connectivity index (χ1v) is 11.9. The third kappa shape index (κ3) is 7.32. The molecule has 0 unspecified atom stereocenters. The molecular formula is C27H34ClNO4. The highest BCUT2D eigenvalue weighted by Crippen LogP contribution is 2.25. The van der Waals surface area contributed by atoms with Crippen molar-refractivity contribution in [3.63, 3.8) is 0 Å². The molecule has 0 radical (unpaired) electrons. The van der Waals surface area contributed by atoms with Gasteiger partial charge in [0.15, 0.2) is 5.43 Å². The van der Waals surface area contributed by atoms with Crippen molar-refractivity contribution in [2.75, 3.05) is 26.2 Å². The second-order valence-corrected chi connectivity index (χ2v) is 8.69. The van der Waals surface area contributed by atoms with Crippen LogP contribution in [0.1, 0.15) is 44.9 Å².